The molecule has 2 rings (SSSR count). The van der Waals surface area contributed by atoms with E-state index in [1.165, 1.54) is 0 Å². The van der Waals surface area contributed by atoms with E-state index < -0.39 is 0 Å². The van der Waals surface area contributed by atoms with Gasteiger partial charge in [-0.1, -0.05) is 24.9 Å². The van der Waals surface area contributed by atoms with Crippen molar-refractivity contribution in [3.63, 3.8) is 0 Å². The third-order valence-corrected chi connectivity index (χ3v) is 3.04. The summed E-state index contributed by atoms with van der Waals surface area (Å²) in [7, 11) is 0. The molecule has 0 radical (unpaired) electrons. The van der Waals surface area contributed by atoms with Crippen LogP contribution < -0.4 is 5.32 Å². The van der Waals surface area contributed by atoms with Crippen LogP contribution in [-0.2, 0) is 0 Å². The summed E-state index contributed by atoms with van der Waals surface area (Å²) in [4.78, 5) is 11.9. The Kier molecular flexibility index (Phi) is 3.92. The van der Waals surface area contributed by atoms with Gasteiger partial charge in [-0.25, -0.2) is 0 Å². The van der Waals surface area contributed by atoms with E-state index in [9.17, 15) is 4.79 Å². The van der Waals surface area contributed by atoms with Gasteiger partial charge in [-0.3, -0.25) is 4.79 Å². The number of carbonyl (C=O) groups excluding carboxylic acids is 1. The predicted molar refractivity (Wildman–Crippen MR) is 73.1 cm³/mol. The van der Waals surface area contributed by atoms with Gasteiger partial charge in [0.1, 0.15) is 5.58 Å². The van der Waals surface area contributed by atoms with E-state index in [4.69, 9.17) is 16.0 Å². The lowest BCUT2D eigenvalue weighted by molar-refractivity contribution is 0.0912. The van der Waals surface area contributed by atoms with Gasteiger partial charge in [0.05, 0.1) is 0 Å². The maximum atomic E-state index is 11.9. The monoisotopic (exact) mass is 265 g/mol. The Hall–Kier alpha value is -1.48. The van der Waals surface area contributed by atoms with Crippen LogP contribution in [0.4, 0.5) is 0 Å². The molecule has 0 fully saturated rings. The average Bonchev–Trinajstić information content (AvgIpc) is 2.72. The lowest BCUT2D eigenvalue weighted by atomic mass is 10.2. The minimum absolute atomic E-state index is 0.152. The van der Waals surface area contributed by atoms with Crippen molar-refractivity contribution in [2.24, 2.45) is 0 Å². The van der Waals surface area contributed by atoms with Crippen molar-refractivity contribution < 1.29 is 9.21 Å². The fourth-order valence-corrected chi connectivity index (χ4v) is 2.11. The van der Waals surface area contributed by atoms with Crippen molar-refractivity contribution >= 4 is 28.5 Å². The molecule has 1 N–H and O–H groups in total. The summed E-state index contributed by atoms with van der Waals surface area (Å²) >= 11 is 5.89. The molecule has 18 heavy (non-hydrogen) atoms. The van der Waals surface area contributed by atoms with Crippen molar-refractivity contribution in [2.75, 3.05) is 0 Å². The molecule has 0 aliphatic carbocycles. The highest BCUT2D eigenvalue weighted by Crippen LogP contribution is 2.23. The van der Waals surface area contributed by atoms with Crippen LogP contribution in [-0.4, -0.2) is 11.9 Å². The molecular weight excluding hydrogens is 250 g/mol. The number of carbonyl (C=O) groups is 1. The third-order valence-electron chi connectivity index (χ3n) is 2.80. The van der Waals surface area contributed by atoms with Gasteiger partial charge in [0.25, 0.3) is 5.91 Å². The molecule has 1 atom stereocenters. The number of hydrogen-bond donors (Lipinski definition) is 1. The minimum atomic E-state index is -0.178. The molecule has 0 spiro atoms. The number of hydrogen-bond acceptors (Lipinski definition) is 2. The Morgan fingerprint density at radius 3 is 2.94 bits per heavy atom. The zero-order valence-corrected chi connectivity index (χ0v) is 11.3. The minimum Gasteiger partial charge on any atom is -0.451 e. The maximum absolute atomic E-state index is 11.9. The van der Waals surface area contributed by atoms with Crippen LogP contribution in [0.2, 0.25) is 5.02 Å². The van der Waals surface area contributed by atoms with Crippen LogP contribution in [0.1, 0.15) is 37.2 Å². The summed E-state index contributed by atoms with van der Waals surface area (Å²) in [6.45, 7) is 4.08. The first-order chi connectivity index (χ1) is 8.60. The zero-order chi connectivity index (χ0) is 13.1. The molecule has 0 saturated carbocycles. The van der Waals surface area contributed by atoms with Gasteiger partial charge in [0.15, 0.2) is 5.76 Å². The van der Waals surface area contributed by atoms with E-state index in [2.05, 4.69) is 12.2 Å². The molecule has 3 nitrogen and oxygen atoms in total. The number of rotatable bonds is 4. The molecule has 1 unspecified atom stereocenters. The Labute approximate surface area is 111 Å². The Bertz CT molecular complexity index is 562. The first kappa shape index (κ1) is 13.0. The molecule has 0 aliphatic heterocycles. The summed E-state index contributed by atoms with van der Waals surface area (Å²) in [5, 5.41) is 4.38. The first-order valence-corrected chi connectivity index (χ1v) is 6.48. The molecular formula is C14H16ClNO2. The molecule has 1 aromatic carbocycles. The van der Waals surface area contributed by atoms with E-state index in [0.29, 0.717) is 16.4 Å². The fourth-order valence-electron chi connectivity index (χ4n) is 1.93. The van der Waals surface area contributed by atoms with Crippen LogP contribution >= 0.6 is 11.6 Å². The van der Waals surface area contributed by atoms with Gasteiger partial charge in [-0.15, -0.1) is 0 Å². The summed E-state index contributed by atoms with van der Waals surface area (Å²) in [6.07, 6.45) is 2.00. The summed E-state index contributed by atoms with van der Waals surface area (Å²) in [5.74, 6) is 0.151. The highest BCUT2D eigenvalue weighted by molar-refractivity contribution is 6.31. The largest absolute Gasteiger partial charge is 0.451 e. The van der Waals surface area contributed by atoms with Crippen LogP contribution in [0.5, 0.6) is 0 Å². The zero-order valence-electron chi connectivity index (χ0n) is 10.5. The predicted octanol–water partition coefficient (Wildman–Crippen LogP) is 4.00. The number of fused-ring (bicyclic) bond motifs is 1. The highest BCUT2D eigenvalue weighted by atomic mass is 35.5. The molecule has 0 bridgehead atoms. The van der Waals surface area contributed by atoms with Crippen LogP contribution in [0.3, 0.4) is 0 Å². The second-order valence-corrected chi connectivity index (χ2v) is 4.89. The summed E-state index contributed by atoms with van der Waals surface area (Å²) < 4.78 is 5.49. The Morgan fingerprint density at radius 1 is 1.44 bits per heavy atom. The van der Waals surface area contributed by atoms with Crippen LogP contribution in [0, 0.1) is 0 Å². The van der Waals surface area contributed by atoms with Gasteiger partial charge in [0, 0.05) is 16.5 Å². The summed E-state index contributed by atoms with van der Waals surface area (Å²) in [6, 6.07) is 7.17. The van der Waals surface area contributed by atoms with Crippen molar-refractivity contribution in [3.8, 4) is 0 Å². The van der Waals surface area contributed by atoms with Gasteiger partial charge >= 0.3 is 0 Å². The highest BCUT2D eigenvalue weighted by Gasteiger charge is 2.14. The third kappa shape index (κ3) is 2.85. The molecule has 0 saturated heterocycles. The molecule has 2 aromatic rings. The van der Waals surface area contributed by atoms with Crippen molar-refractivity contribution in [2.45, 2.75) is 32.7 Å². The molecule has 0 aliphatic rings. The van der Waals surface area contributed by atoms with Gasteiger partial charge < -0.3 is 9.73 Å². The van der Waals surface area contributed by atoms with Crippen molar-refractivity contribution in [1.29, 1.82) is 0 Å². The van der Waals surface area contributed by atoms with Gasteiger partial charge in [-0.2, -0.15) is 0 Å². The SMILES string of the molecule is CCCC(C)NC(=O)c1cc2cc(Cl)ccc2o1. The molecule has 1 amide bonds. The second-order valence-electron chi connectivity index (χ2n) is 4.46. The average molecular weight is 266 g/mol. The standard InChI is InChI=1S/C14H16ClNO2/c1-3-4-9(2)16-14(17)13-8-10-7-11(15)5-6-12(10)18-13/h5-9H,3-4H2,1-2H3,(H,16,17). The van der Waals surface area contributed by atoms with Gasteiger partial charge in [-0.05, 0) is 37.6 Å². The fraction of sp³-hybridized carbons (Fsp3) is 0.357. The van der Waals surface area contributed by atoms with Crippen molar-refractivity contribution in [3.05, 3.63) is 35.0 Å². The molecule has 1 aromatic heterocycles. The van der Waals surface area contributed by atoms with E-state index in [-0.39, 0.29) is 11.9 Å². The first-order valence-electron chi connectivity index (χ1n) is 6.10. The van der Waals surface area contributed by atoms with Crippen LogP contribution in [0.25, 0.3) is 11.0 Å². The Balaban J connectivity index is 2.18. The number of benzene rings is 1. The van der Waals surface area contributed by atoms with E-state index in [0.717, 1.165) is 18.2 Å². The van der Waals surface area contributed by atoms with Crippen LogP contribution in [0.15, 0.2) is 28.7 Å². The van der Waals surface area contributed by atoms with E-state index in [1.54, 1.807) is 24.3 Å². The molecule has 4 heteroatoms. The lowest BCUT2D eigenvalue weighted by Gasteiger charge is -2.10. The number of amides is 1. The lowest BCUT2D eigenvalue weighted by Crippen LogP contribution is -2.32. The van der Waals surface area contributed by atoms with Gasteiger partial charge in [0.2, 0.25) is 0 Å². The number of halogens is 1. The smallest absolute Gasteiger partial charge is 0.287 e. The normalized spacial score (nSPS) is 12.6. The topological polar surface area (TPSA) is 42.2 Å². The van der Waals surface area contributed by atoms with E-state index >= 15 is 0 Å². The van der Waals surface area contributed by atoms with E-state index in [1.807, 2.05) is 6.92 Å². The number of furan rings is 1. The van der Waals surface area contributed by atoms with Crippen molar-refractivity contribution in [1.82, 2.24) is 5.32 Å². The molecule has 1 heterocycles. The second kappa shape index (κ2) is 5.44. The Morgan fingerprint density at radius 2 is 2.22 bits per heavy atom. The molecule has 96 valence electrons. The number of nitrogens with one attached hydrogen (secondary N) is 1. The summed E-state index contributed by atoms with van der Waals surface area (Å²) in [5.41, 5.74) is 0.674. The quantitative estimate of drug-likeness (QED) is 0.908. The maximum Gasteiger partial charge on any atom is 0.287 e.